The second-order valence-corrected chi connectivity index (χ2v) is 5.46. The van der Waals surface area contributed by atoms with Crippen molar-refractivity contribution in [1.82, 2.24) is 4.90 Å². The molecule has 0 heterocycles. The van der Waals surface area contributed by atoms with Crippen molar-refractivity contribution in [1.29, 1.82) is 0 Å². The number of aryl methyl sites for hydroxylation is 1. The van der Waals surface area contributed by atoms with Crippen molar-refractivity contribution in [3.63, 3.8) is 0 Å². The second-order valence-electron chi connectivity index (χ2n) is 5.46. The molecule has 0 aliphatic carbocycles. The molecule has 1 aromatic rings. The van der Waals surface area contributed by atoms with Crippen LogP contribution in [0.15, 0.2) is 24.3 Å². The van der Waals surface area contributed by atoms with E-state index in [1.54, 1.807) is 0 Å². The van der Waals surface area contributed by atoms with Gasteiger partial charge in [-0.25, -0.2) is 0 Å². The van der Waals surface area contributed by atoms with E-state index in [1.165, 1.54) is 44.1 Å². The number of hydrogen-bond acceptors (Lipinski definition) is 2. The van der Waals surface area contributed by atoms with Gasteiger partial charge in [0.05, 0.1) is 0 Å². The molecule has 1 aromatic carbocycles. The number of likely N-dealkylation sites (N-methyl/N-ethyl adjacent to an activating group) is 1. The Hall–Kier alpha value is -1.02. The molecule has 0 aliphatic heterocycles. The Labute approximate surface area is 118 Å². The van der Waals surface area contributed by atoms with Gasteiger partial charge < -0.3 is 9.64 Å². The number of nitrogens with zero attached hydrogens (tertiary/aromatic N) is 1. The first-order chi connectivity index (χ1) is 9.22. The highest BCUT2D eigenvalue weighted by atomic mass is 16.5. The molecule has 19 heavy (non-hydrogen) atoms. The third kappa shape index (κ3) is 7.89. The maximum atomic E-state index is 5.76. The van der Waals surface area contributed by atoms with Crippen LogP contribution in [0.25, 0.3) is 0 Å². The van der Waals surface area contributed by atoms with Crippen LogP contribution in [0.3, 0.4) is 0 Å². The van der Waals surface area contributed by atoms with Crippen LogP contribution in [-0.4, -0.2) is 32.1 Å². The van der Waals surface area contributed by atoms with Gasteiger partial charge in [-0.1, -0.05) is 44.7 Å². The molecule has 0 N–H and O–H groups in total. The molecule has 0 aromatic heterocycles. The maximum absolute atomic E-state index is 5.76. The van der Waals surface area contributed by atoms with Gasteiger partial charge >= 0.3 is 0 Å². The zero-order valence-electron chi connectivity index (χ0n) is 12.8. The minimum Gasteiger partial charge on any atom is -0.492 e. The lowest BCUT2D eigenvalue weighted by atomic mass is 10.1. The van der Waals surface area contributed by atoms with Gasteiger partial charge in [0.25, 0.3) is 0 Å². The van der Waals surface area contributed by atoms with E-state index in [0.29, 0.717) is 0 Å². The van der Waals surface area contributed by atoms with Crippen LogP contribution < -0.4 is 4.74 Å². The standard InChI is InChI=1S/C17H29NO/c1-4-5-6-7-8-10-16-11-9-12-17(15-16)19-14-13-18(2)3/h9,11-12,15H,4-8,10,13-14H2,1-3H3. The average molecular weight is 263 g/mol. The summed E-state index contributed by atoms with van der Waals surface area (Å²) in [6.07, 6.45) is 7.87. The number of unbranched alkanes of at least 4 members (excludes halogenated alkanes) is 4. The van der Waals surface area contributed by atoms with Crippen molar-refractivity contribution < 1.29 is 4.74 Å². The topological polar surface area (TPSA) is 12.5 Å². The number of rotatable bonds is 10. The van der Waals surface area contributed by atoms with Gasteiger partial charge in [0.2, 0.25) is 0 Å². The van der Waals surface area contributed by atoms with Crippen molar-refractivity contribution >= 4 is 0 Å². The molecule has 0 amide bonds. The van der Waals surface area contributed by atoms with Crippen LogP contribution in [0.5, 0.6) is 5.75 Å². The maximum Gasteiger partial charge on any atom is 0.119 e. The smallest absolute Gasteiger partial charge is 0.119 e. The van der Waals surface area contributed by atoms with Crippen molar-refractivity contribution in [2.75, 3.05) is 27.2 Å². The zero-order chi connectivity index (χ0) is 13.9. The fraction of sp³-hybridized carbons (Fsp3) is 0.647. The second kappa shape index (κ2) is 9.85. The molecule has 0 saturated heterocycles. The molecule has 0 aliphatic rings. The summed E-state index contributed by atoms with van der Waals surface area (Å²) in [5.41, 5.74) is 1.40. The van der Waals surface area contributed by atoms with E-state index in [-0.39, 0.29) is 0 Å². The minimum atomic E-state index is 0.757. The van der Waals surface area contributed by atoms with E-state index >= 15 is 0 Å². The summed E-state index contributed by atoms with van der Waals surface area (Å²) in [6.45, 7) is 3.97. The summed E-state index contributed by atoms with van der Waals surface area (Å²) in [5.74, 6) is 1.01. The van der Waals surface area contributed by atoms with Crippen LogP contribution in [-0.2, 0) is 6.42 Å². The molecule has 108 valence electrons. The van der Waals surface area contributed by atoms with Gasteiger partial charge in [0.15, 0.2) is 0 Å². The lowest BCUT2D eigenvalue weighted by molar-refractivity contribution is 0.261. The van der Waals surface area contributed by atoms with Gasteiger partial charge in [-0.05, 0) is 44.6 Å². The van der Waals surface area contributed by atoms with E-state index in [2.05, 4.69) is 50.2 Å². The van der Waals surface area contributed by atoms with Gasteiger partial charge in [0, 0.05) is 6.54 Å². The monoisotopic (exact) mass is 263 g/mol. The highest BCUT2D eigenvalue weighted by Gasteiger charge is 1.98. The van der Waals surface area contributed by atoms with Crippen molar-refractivity contribution in [2.24, 2.45) is 0 Å². The van der Waals surface area contributed by atoms with E-state index in [9.17, 15) is 0 Å². The lowest BCUT2D eigenvalue weighted by Crippen LogP contribution is -2.19. The molecular weight excluding hydrogens is 234 g/mol. The predicted molar refractivity (Wildman–Crippen MR) is 83.0 cm³/mol. The van der Waals surface area contributed by atoms with Crippen LogP contribution in [0.4, 0.5) is 0 Å². The first-order valence-corrected chi connectivity index (χ1v) is 7.59. The first kappa shape index (κ1) is 16.0. The van der Waals surface area contributed by atoms with Gasteiger partial charge in [-0.15, -0.1) is 0 Å². The Morgan fingerprint density at radius 1 is 1.05 bits per heavy atom. The normalized spacial score (nSPS) is 10.9. The fourth-order valence-corrected chi connectivity index (χ4v) is 2.07. The summed E-state index contributed by atoms with van der Waals surface area (Å²) in [4.78, 5) is 2.14. The predicted octanol–water partition coefficient (Wildman–Crippen LogP) is 4.14. The third-order valence-corrected chi connectivity index (χ3v) is 3.27. The molecule has 2 nitrogen and oxygen atoms in total. The van der Waals surface area contributed by atoms with Crippen molar-refractivity contribution in [3.05, 3.63) is 29.8 Å². The summed E-state index contributed by atoms with van der Waals surface area (Å²) in [6, 6.07) is 8.55. The lowest BCUT2D eigenvalue weighted by Gasteiger charge is -2.11. The Morgan fingerprint density at radius 2 is 1.84 bits per heavy atom. The molecule has 0 fully saturated rings. The molecule has 0 unspecified atom stereocenters. The number of hydrogen-bond donors (Lipinski definition) is 0. The summed E-state index contributed by atoms with van der Waals surface area (Å²) < 4.78 is 5.76. The molecule has 0 bridgehead atoms. The Kier molecular flexibility index (Phi) is 8.31. The van der Waals surface area contributed by atoms with Crippen LogP contribution in [0.1, 0.15) is 44.6 Å². The SMILES string of the molecule is CCCCCCCc1cccc(OCCN(C)C)c1. The van der Waals surface area contributed by atoms with E-state index in [4.69, 9.17) is 4.74 Å². The van der Waals surface area contributed by atoms with E-state index < -0.39 is 0 Å². The third-order valence-electron chi connectivity index (χ3n) is 3.27. The number of benzene rings is 1. The molecule has 0 radical (unpaired) electrons. The fourth-order valence-electron chi connectivity index (χ4n) is 2.07. The van der Waals surface area contributed by atoms with Crippen molar-refractivity contribution in [2.45, 2.75) is 45.4 Å². The summed E-state index contributed by atoms with van der Waals surface area (Å²) in [5, 5.41) is 0. The quantitative estimate of drug-likeness (QED) is 0.588. The molecular formula is C17H29NO. The van der Waals surface area contributed by atoms with Crippen LogP contribution >= 0.6 is 0 Å². The summed E-state index contributed by atoms with van der Waals surface area (Å²) in [7, 11) is 4.13. The van der Waals surface area contributed by atoms with Gasteiger partial charge in [-0.3, -0.25) is 0 Å². The summed E-state index contributed by atoms with van der Waals surface area (Å²) >= 11 is 0. The van der Waals surface area contributed by atoms with E-state index in [0.717, 1.165) is 18.9 Å². The molecule has 1 rings (SSSR count). The number of ether oxygens (including phenoxy) is 1. The highest BCUT2D eigenvalue weighted by molar-refractivity contribution is 5.28. The van der Waals surface area contributed by atoms with Crippen LogP contribution in [0.2, 0.25) is 0 Å². The zero-order valence-corrected chi connectivity index (χ0v) is 12.8. The first-order valence-electron chi connectivity index (χ1n) is 7.59. The Morgan fingerprint density at radius 3 is 2.58 bits per heavy atom. The van der Waals surface area contributed by atoms with Crippen molar-refractivity contribution in [3.8, 4) is 5.75 Å². The Balaban J connectivity index is 2.27. The minimum absolute atomic E-state index is 0.757. The van der Waals surface area contributed by atoms with E-state index in [1.807, 2.05) is 0 Å². The molecule has 0 saturated carbocycles. The average Bonchev–Trinajstić information content (AvgIpc) is 2.39. The molecule has 0 atom stereocenters. The van der Waals surface area contributed by atoms with Crippen LogP contribution in [0, 0.1) is 0 Å². The van der Waals surface area contributed by atoms with Gasteiger partial charge in [0.1, 0.15) is 12.4 Å². The largest absolute Gasteiger partial charge is 0.492 e. The molecule has 0 spiro atoms. The molecule has 2 heteroatoms. The highest BCUT2D eigenvalue weighted by Crippen LogP contribution is 2.16. The Bertz CT molecular complexity index is 336. The van der Waals surface area contributed by atoms with Gasteiger partial charge in [-0.2, -0.15) is 0 Å².